The molecule has 0 aromatic heterocycles. The number of hydrogen-bond acceptors (Lipinski definition) is 14. The van der Waals surface area contributed by atoms with Gasteiger partial charge in [0.15, 0.2) is 33.3 Å². The summed E-state index contributed by atoms with van der Waals surface area (Å²) in [4.78, 5) is 0. The largest absolute Gasteiger partial charge is 0.650 e. The van der Waals surface area contributed by atoms with Crippen LogP contribution in [-0.2, 0) is 57.6 Å². The minimum atomic E-state index is -5.62. The maximum absolute atomic E-state index is 8.57. The SMILES string of the molecule is C[Si](C)(C)O[Si]1(c2ccccc2)O[Si]2(c3ccccc3)O[Si]3(O[Si](c4ccccc4)(O1)O[Si](O[Si](C)(C)C)(c1ccccc1)O2)O[Si](O[Si](C)(C)C)(c1ccccc1)O[Si](c1ccccc1)(c1ccccc1)O[Si](O[Si](C)(C)C)(c1ccccc1)O3. The molecule has 4 fully saturated rings. The summed E-state index contributed by atoms with van der Waals surface area (Å²) in [5.41, 5.74) is 0. The third kappa shape index (κ3) is 13.5. The molecular weight excluding hydrogens is 1280 g/mol. The molecule has 86 heavy (non-hydrogen) atoms. The quantitative estimate of drug-likeness (QED) is 0.0860. The Labute approximate surface area is 520 Å². The number of hydrogen-bond donors (Lipinski definition) is 0. The van der Waals surface area contributed by atoms with Crippen molar-refractivity contribution < 1.29 is 57.6 Å². The third-order valence-electron chi connectivity index (χ3n) is 13.5. The minimum absolute atomic E-state index is 0.502. The van der Waals surface area contributed by atoms with Crippen molar-refractivity contribution in [3.05, 3.63) is 243 Å². The summed E-state index contributed by atoms with van der Waals surface area (Å²) in [5.74, 6) is 0. The molecule has 0 aliphatic carbocycles. The fourth-order valence-corrected chi connectivity index (χ4v) is 66.5. The molecular formula is C60H76O14Si12. The van der Waals surface area contributed by atoms with Gasteiger partial charge in [-0.25, -0.2) is 0 Å². The molecule has 0 saturated carbocycles. The van der Waals surface area contributed by atoms with Gasteiger partial charge in [0.2, 0.25) is 0 Å². The predicted octanol–water partition coefficient (Wildman–Crippen LogP) is 8.37. The Balaban J connectivity index is 1.36. The van der Waals surface area contributed by atoms with E-state index in [2.05, 4.69) is 103 Å². The Bertz CT molecular complexity index is 3300. The molecule has 12 rings (SSSR count). The summed E-state index contributed by atoms with van der Waals surface area (Å²) >= 11 is 0. The molecule has 8 aromatic rings. The predicted molar refractivity (Wildman–Crippen MR) is 363 cm³/mol. The smallest absolute Gasteiger partial charge is 0.413 e. The lowest BCUT2D eigenvalue weighted by molar-refractivity contribution is 0.00298. The molecule has 2 bridgehead atoms. The van der Waals surface area contributed by atoms with E-state index in [4.69, 9.17) is 57.6 Å². The third-order valence-corrected chi connectivity index (χ3v) is 57.4. The Morgan fingerprint density at radius 1 is 0.209 bits per heavy atom. The second-order valence-corrected chi connectivity index (χ2v) is 67.1. The monoisotopic (exact) mass is 1360 g/mol. The lowest BCUT2D eigenvalue weighted by Crippen LogP contribution is -2.91. The van der Waals surface area contributed by atoms with Crippen molar-refractivity contribution >= 4 is 145 Å². The zero-order chi connectivity index (χ0) is 60.8. The fourth-order valence-electron chi connectivity index (χ4n) is 10.5. The lowest BCUT2D eigenvalue weighted by Gasteiger charge is -2.58. The van der Waals surface area contributed by atoms with Gasteiger partial charge >= 0.3 is 70.4 Å². The highest BCUT2D eigenvalue weighted by atomic mass is 28.6. The van der Waals surface area contributed by atoms with Crippen molar-refractivity contribution in [1.82, 2.24) is 0 Å². The first-order chi connectivity index (χ1) is 40.7. The molecule has 4 saturated heterocycles. The van der Waals surface area contributed by atoms with Crippen LogP contribution < -0.4 is 41.5 Å². The van der Waals surface area contributed by atoms with Gasteiger partial charge in [0.05, 0.1) is 0 Å². The topological polar surface area (TPSA) is 129 Å². The molecule has 0 N–H and O–H groups in total. The molecule has 8 aromatic carbocycles. The molecule has 4 heterocycles. The average molecular weight is 1360 g/mol. The van der Waals surface area contributed by atoms with Crippen molar-refractivity contribution in [3.8, 4) is 0 Å². The Kier molecular flexibility index (Phi) is 17.8. The van der Waals surface area contributed by atoms with Gasteiger partial charge in [-0.05, 0) is 88.9 Å². The van der Waals surface area contributed by atoms with Crippen LogP contribution in [0.5, 0.6) is 0 Å². The van der Waals surface area contributed by atoms with Crippen molar-refractivity contribution in [2.24, 2.45) is 0 Å². The summed E-state index contributed by atoms with van der Waals surface area (Å²) in [7, 11) is -50.6. The molecule has 26 heteroatoms. The van der Waals surface area contributed by atoms with E-state index < -0.39 is 104 Å². The first kappa shape index (κ1) is 63.4. The summed E-state index contributed by atoms with van der Waals surface area (Å²) in [6.45, 7) is 25.4. The second-order valence-electron chi connectivity index (χ2n) is 25.3. The standard InChI is InChI=1S/C60H76O14Si12/c1-75(2,3)61-80(55-41-25-15-26-42-55)65-79(53-37-21-13-22-38-53,54-39-23-14-24-40-54)66-81(62-76(4,5)6,56-43-27-16-28-44-56)72-86(71-80)73-84(59-49-33-19-34-50-59)67-82(63-77(7,8)9,57-45-29-17-30-46-57)68-85(74-86,60-51-35-20-36-52-60)70-83(69-84,64-78(10,11)12)58-47-31-18-32-48-58/h13-52H,1-12H3. The normalized spacial score (nSPS) is 28.1. The first-order valence-electron chi connectivity index (χ1n) is 29.0. The van der Waals surface area contributed by atoms with E-state index >= 15 is 0 Å². The fraction of sp³-hybridized carbons (Fsp3) is 0.200. The number of fused-ring (bicyclic) bond motifs is 4. The van der Waals surface area contributed by atoms with E-state index in [0.717, 1.165) is 10.4 Å². The summed E-state index contributed by atoms with van der Waals surface area (Å²) in [5, 5.41) is 5.01. The highest BCUT2D eigenvalue weighted by molar-refractivity contribution is 7.11. The Morgan fingerprint density at radius 2 is 0.395 bits per heavy atom. The van der Waals surface area contributed by atoms with Gasteiger partial charge in [-0.1, -0.05) is 243 Å². The van der Waals surface area contributed by atoms with Crippen LogP contribution in [0.2, 0.25) is 78.6 Å². The van der Waals surface area contributed by atoms with Gasteiger partial charge in [-0.3, -0.25) is 0 Å². The van der Waals surface area contributed by atoms with Gasteiger partial charge in [0, 0.05) is 31.1 Å². The molecule has 4 aliphatic rings. The maximum Gasteiger partial charge on any atom is 0.650 e. The van der Waals surface area contributed by atoms with Gasteiger partial charge in [-0.15, -0.1) is 0 Å². The van der Waals surface area contributed by atoms with Gasteiger partial charge in [-0.2, -0.15) is 0 Å². The average Bonchev–Trinajstić information content (AvgIpc) is 0.709. The van der Waals surface area contributed by atoms with Crippen molar-refractivity contribution in [1.29, 1.82) is 0 Å². The molecule has 2 unspecified atom stereocenters. The Hall–Kier alpha value is -4.20. The molecule has 0 radical (unpaired) electrons. The zero-order valence-electron chi connectivity index (χ0n) is 50.8. The molecule has 1 spiro atoms. The van der Waals surface area contributed by atoms with Crippen LogP contribution in [0.15, 0.2) is 243 Å². The van der Waals surface area contributed by atoms with Crippen LogP contribution in [0.3, 0.4) is 0 Å². The van der Waals surface area contributed by atoms with Gasteiger partial charge in [0.25, 0.3) is 0 Å². The lowest BCUT2D eigenvalue weighted by atomic mass is 10.4. The highest BCUT2D eigenvalue weighted by Crippen LogP contribution is 2.46. The summed E-state index contributed by atoms with van der Waals surface area (Å²) in [6.07, 6.45) is 0. The van der Waals surface area contributed by atoms with Crippen LogP contribution in [0.4, 0.5) is 0 Å². The van der Waals surface area contributed by atoms with Crippen molar-refractivity contribution in [2.45, 2.75) is 78.6 Å². The second kappa shape index (κ2) is 24.2. The van der Waals surface area contributed by atoms with Gasteiger partial charge in [0.1, 0.15) is 0 Å². The van der Waals surface area contributed by atoms with E-state index in [1.54, 1.807) is 0 Å². The van der Waals surface area contributed by atoms with Crippen LogP contribution in [0, 0.1) is 0 Å². The number of benzene rings is 8. The minimum Gasteiger partial charge on any atom is -0.413 e. The van der Waals surface area contributed by atoms with Gasteiger partial charge < -0.3 is 57.6 Å². The zero-order valence-corrected chi connectivity index (χ0v) is 62.8. The van der Waals surface area contributed by atoms with E-state index in [9.17, 15) is 0 Å². The summed E-state index contributed by atoms with van der Waals surface area (Å²) in [6, 6.07) is 78.9. The Morgan fingerprint density at radius 3 is 0.605 bits per heavy atom. The van der Waals surface area contributed by atoms with Crippen LogP contribution >= 0.6 is 0 Å². The molecule has 448 valence electrons. The van der Waals surface area contributed by atoms with Crippen LogP contribution in [0.1, 0.15) is 0 Å². The first-order valence-corrected chi connectivity index (χ1v) is 56.4. The molecule has 0 amide bonds. The van der Waals surface area contributed by atoms with E-state index in [0.29, 0.717) is 31.1 Å². The van der Waals surface area contributed by atoms with Crippen LogP contribution in [-0.4, -0.2) is 104 Å². The van der Waals surface area contributed by atoms with E-state index in [-0.39, 0.29) is 0 Å². The highest BCUT2D eigenvalue weighted by Gasteiger charge is 2.83. The molecule has 14 nitrogen and oxygen atoms in total. The van der Waals surface area contributed by atoms with Crippen LogP contribution in [0.25, 0.3) is 0 Å². The summed E-state index contributed by atoms with van der Waals surface area (Å²) < 4.78 is 116. The van der Waals surface area contributed by atoms with Crippen molar-refractivity contribution in [2.75, 3.05) is 0 Å². The molecule has 2 atom stereocenters. The van der Waals surface area contributed by atoms with Crippen molar-refractivity contribution in [3.63, 3.8) is 0 Å². The van der Waals surface area contributed by atoms with E-state index in [1.807, 2.05) is 218 Å². The number of rotatable bonds is 16. The van der Waals surface area contributed by atoms with E-state index in [1.165, 1.54) is 0 Å². The maximum atomic E-state index is 8.57. The molecule has 4 aliphatic heterocycles.